The van der Waals surface area contributed by atoms with Crippen molar-refractivity contribution in [3.8, 4) is 0 Å². The van der Waals surface area contributed by atoms with Crippen LogP contribution in [-0.4, -0.2) is 20.1 Å². The van der Waals surface area contributed by atoms with Crippen molar-refractivity contribution < 1.29 is 4.42 Å². The lowest BCUT2D eigenvalue weighted by Gasteiger charge is -2.18. The summed E-state index contributed by atoms with van der Waals surface area (Å²) in [6, 6.07) is 0. The molecule has 5 nitrogen and oxygen atoms in total. The van der Waals surface area contributed by atoms with Gasteiger partial charge in [-0.15, -0.1) is 0 Å². The summed E-state index contributed by atoms with van der Waals surface area (Å²) in [5, 5.41) is 0. The highest BCUT2D eigenvalue weighted by Crippen LogP contribution is 2.12. The summed E-state index contributed by atoms with van der Waals surface area (Å²) < 4.78 is 7.63. The molecule has 0 bridgehead atoms. The summed E-state index contributed by atoms with van der Waals surface area (Å²) in [5.74, 6) is 1.62. The number of oxazole rings is 1. The highest BCUT2D eigenvalue weighted by atomic mass is 16.4. The van der Waals surface area contributed by atoms with Crippen LogP contribution in [0.5, 0.6) is 0 Å². The summed E-state index contributed by atoms with van der Waals surface area (Å²) in [7, 11) is 0. The Morgan fingerprint density at radius 2 is 2.17 bits per heavy atom. The van der Waals surface area contributed by atoms with Gasteiger partial charge in [-0.2, -0.15) is 0 Å². The summed E-state index contributed by atoms with van der Waals surface area (Å²) in [5.41, 5.74) is 6.88. The molecule has 98 valence electrons. The zero-order valence-electron chi connectivity index (χ0n) is 11.2. The molecule has 0 aliphatic rings. The molecule has 0 unspecified atom stereocenters. The van der Waals surface area contributed by atoms with Gasteiger partial charge in [-0.3, -0.25) is 0 Å². The first-order chi connectivity index (χ1) is 8.48. The lowest BCUT2D eigenvalue weighted by molar-refractivity contribution is 0.436. The van der Waals surface area contributed by atoms with E-state index in [-0.39, 0.29) is 5.54 Å². The standard InChI is InChI=1S/C13H20N4O/c1-4-11-7-16-12(18-11)8-17-9-15-6-10(17)5-13(2,3)14/h6-7,9H,4-5,8,14H2,1-3H3. The first kappa shape index (κ1) is 12.8. The molecule has 2 rings (SSSR count). The van der Waals surface area contributed by atoms with Crippen LogP contribution in [0.25, 0.3) is 0 Å². The highest BCUT2D eigenvalue weighted by Gasteiger charge is 2.15. The van der Waals surface area contributed by atoms with Crippen molar-refractivity contribution in [2.45, 2.75) is 45.7 Å². The fourth-order valence-corrected chi connectivity index (χ4v) is 1.83. The van der Waals surface area contributed by atoms with Crippen molar-refractivity contribution in [3.63, 3.8) is 0 Å². The Balaban J connectivity index is 2.12. The van der Waals surface area contributed by atoms with Gasteiger partial charge in [0.05, 0.1) is 12.5 Å². The van der Waals surface area contributed by atoms with E-state index in [9.17, 15) is 0 Å². The number of nitrogens with zero attached hydrogens (tertiary/aromatic N) is 3. The second-order valence-corrected chi connectivity index (χ2v) is 5.25. The van der Waals surface area contributed by atoms with Crippen molar-refractivity contribution in [2.24, 2.45) is 5.73 Å². The molecule has 18 heavy (non-hydrogen) atoms. The highest BCUT2D eigenvalue weighted by molar-refractivity contribution is 5.05. The van der Waals surface area contributed by atoms with Crippen LogP contribution in [0.4, 0.5) is 0 Å². The second kappa shape index (κ2) is 4.94. The Morgan fingerprint density at radius 1 is 1.39 bits per heavy atom. The molecule has 0 aliphatic carbocycles. The van der Waals surface area contributed by atoms with Gasteiger partial charge in [-0.25, -0.2) is 9.97 Å². The molecule has 2 N–H and O–H groups in total. The molecule has 2 heterocycles. The molecule has 0 spiro atoms. The van der Waals surface area contributed by atoms with Gasteiger partial charge in [-0.05, 0) is 13.8 Å². The SMILES string of the molecule is CCc1cnc(Cn2cncc2CC(C)(C)N)o1. The van der Waals surface area contributed by atoms with Crippen molar-refractivity contribution in [2.75, 3.05) is 0 Å². The molecular weight excluding hydrogens is 228 g/mol. The molecule has 2 aromatic rings. The average molecular weight is 248 g/mol. The number of aryl methyl sites for hydroxylation is 1. The van der Waals surface area contributed by atoms with Crippen LogP contribution in [0.15, 0.2) is 23.1 Å². The fraction of sp³-hybridized carbons (Fsp3) is 0.538. The molecular formula is C13H20N4O. The Hall–Kier alpha value is -1.62. The van der Waals surface area contributed by atoms with Gasteiger partial charge in [0.2, 0.25) is 5.89 Å². The summed E-state index contributed by atoms with van der Waals surface area (Å²) >= 11 is 0. The van der Waals surface area contributed by atoms with E-state index in [4.69, 9.17) is 10.2 Å². The molecule has 2 aromatic heterocycles. The molecule has 0 aliphatic heterocycles. The van der Waals surface area contributed by atoms with Gasteiger partial charge in [0.15, 0.2) is 0 Å². The maximum Gasteiger partial charge on any atom is 0.214 e. The van der Waals surface area contributed by atoms with E-state index in [1.807, 2.05) is 31.5 Å². The quantitative estimate of drug-likeness (QED) is 0.875. The fourth-order valence-electron chi connectivity index (χ4n) is 1.83. The number of rotatable bonds is 5. The topological polar surface area (TPSA) is 69.9 Å². The van der Waals surface area contributed by atoms with Crippen molar-refractivity contribution in [1.82, 2.24) is 14.5 Å². The van der Waals surface area contributed by atoms with Crippen molar-refractivity contribution in [3.05, 3.63) is 36.1 Å². The molecule has 0 radical (unpaired) electrons. The van der Waals surface area contributed by atoms with E-state index >= 15 is 0 Å². The predicted molar refractivity (Wildman–Crippen MR) is 69.2 cm³/mol. The van der Waals surface area contributed by atoms with E-state index in [1.165, 1.54) is 0 Å². The van der Waals surface area contributed by atoms with Gasteiger partial charge < -0.3 is 14.7 Å². The number of imidazole rings is 1. The first-order valence-corrected chi connectivity index (χ1v) is 6.19. The van der Waals surface area contributed by atoms with Crippen LogP contribution in [0.3, 0.4) is 0 Å². The average Bonchev–Trinajstić information content (AvgIpc) is 2.87. The molecule has 0 amide bonds. The maximum atomic E-state index is 6.03. The van der Waals surface area contributed by atoms with Crippen LogP contribution >= 0.6 is 0 Å². The smallest absolute Gasteiger partial charge is 0.214 e. The number of hydrogen-bond donors (Lipinski definition) is 1. The van der Waals surface area contributed by atoms with E-state index in [2.05, 4.69) is 9.97 Å². The van der Waals surface area contributed by atoms with Crippen LogP contribution < -0.4 is 5.73 Å². The normalized spacial score (nSPS) is 12.0. The second-order valence-electron chi connectivity index (χ2n) is 5.25. The van der Waals surface area contributed by atoms with Crippen LogP contribution in [0, 0.1) is 0 Å². The maximum absolute atomic E-state index is 6.03. The lowest BCUT2D eigenvalue weighted by atomic mass is 10.0. The van der Waals surface area contributed by atoms with Gasteiger partial charge in [0, 0.05) is 30.3 Å². The van der Waals surface area contributed by atoms with Gasteiger partial charge >= 0.3 is 0 Å². The van der Waals surface area contributed by atoms with Crippen molar-refractivity contribution in [1.29, 1.82) is 0 Å². The molecule has 0 aromatic carbocycles. The van der Waals surface area contributed by atoms with Gasteiger partial charge in [-0.1, -0.05) is 6.92 Å². The van der Waals surface area contributed by atoms with E-state index < -0.39 is 0 Å². The number of nitrogens with two attached hydrogens (primary N) is 1. The minimum Gasteiger partial charge on any atom is -0.444 e. The first-order valence-electron chi connectivity index (χ1n) is 6.19. The molecule has 0 saturated carbocycles. The third-order valence-electron chi connectivity index (χ3n) is 2.69. The lowest BCUT2D eigenvalue weighted by Crippen LogP contribution is -2.35. The van der Waals surface area contributed by atoms with Gasteiger partial charge in [0.25, 0.3) is 0 Å². The molecule has 0 atom stereocenters. The largest absolute Gasteiger partial charge is 0.444 e. The molecule has 5 heteroatoms. The minimum absolute atomic E-state index is 0.247. The third-order valence-corrected chi connectivity index (χ3v) is 2.69. The zero-order valence-corrected chi connectivity index (χ0v) is 11.2. The van der Waals surface area contributed by atoms with Crippen LogP contribution in [0.1, 0.15) is 38.1 Å². The van der Waals surface area contributed by atoms with E-state index in [1.54, 1.807) is 12.5 Å². The monoisotopic (exact) mass is 248 g/mol. The van der Waals surface area contributed by atoms with E-state index in [0.29, 0.717) is 12.4 Å². The molecule has 0 fully saturated rings. The summed E-state index contributed by atoms with van der Waals surface area (Å²) in [6.07, 6.45) is 7.04. The molecule has 0 saturated heterocycles. The number of hydrogen-bond acceptors (Lipinski definition) is 4. The van der Waals surface area contributed by atoms with Crippen LogP contribution in [0.2, 0.25) is 0 Å². The Bertz CT molecular complexity index is 507. The van der Waals surface area contributed by atoms with Gasteiger partial charge in [0.1, 0.15) is 12.3 Å². The summed E-state index contributed by atoms with van der Waals surface area (Å²) in [6.45, 7) is 6.66. The predicted octanol–water partition coefficient (Wildman–Crippen LogP) is 1.76. The Morgan fingerprint density at radius 3 is 2.78 bits per heavy atom. The zero-order chi connectivity index (χ0) is 13.2. The minimum atomic E-state index is -0.247. The number of aromatic nitrogens is 3. The Labute approximate surface area is 107 Å². The van der Waals surface area contributed by atoms with Crippen molar-refractivity contribution >= 4 is 0 Å². The van der Waals surface area contributed by atoms with E-state index in [0.717, 1.165) is 24.3 Å². The van der Waals surface area contributed by atoms with Crippen LogP contribution in [-0.2, 0) is 19.4 Å². The summed E-state index contributed by atoms with van der Waals surface area (Å²) in [4.78, 5) is 8.42. The Kier molecular flexibility index (Phi) is 3.52. The third kappa shape index (κ3) is 3.20.